The Kier molecular flexibility index (Phi) is 3.87. The smallest absolute Gasteiger partial charge is 0.261 e. The Bertz CT molecular complexity index is 1430. The summed E-state index contributed by atoms with van der Waals surface area (Å²) in [5, 5.41) is 4.39. The Labute approximate surface area is 185 Å². The number of nitrogens with zero attached hydrogens (tertiary/aromatic N) is 2. The molecule has 2 aliphatic heterocycles. The van der Waals surface area contributed by atoms with Gasteiger partial charge in [0.2, 0.25) is 0 Å². The van der Waals surface area contributed by atoms with Gasteiger partial charge in [0, 0.05) is 14.1 Å². The van der Waals surface area contributed by atoms with Gasteiger partial charge >= 0.3 is 0 Å². The SMILES string of the molecule is CN1C(=O)C2=C(c3ccc4ccccc4c3)N(C)C(=O)C2=C1c1ccc2ccccc2c1. The minimum absolute atomic E-state index is 0.149. The summed E-state index contributed by atoms with van der Waals surface area (Å²) in [5.74, 6) is -0.298. The lowest BCUT2D eigenvalue weighted by molar-refractivity contribution is -0.123. The molecule has 4 aromatic rings. The number of amides is 2. The van der Waals surface area contributed by atoms with E-state index in [0.29, 0.717) is 22.5 Å². The maximum absolute atomic E-state index is 13.4. The first-order chi connectivity index (χ1) is 15.5. The Balaban J connectivity index is 1.60. The van der Waals surface area contributed by atoms with E-state index in [2.05, 4.69) is 12.1 Å². The van der Waals surface area contributed by atoms with E-state index in [1.54, 1.807) is 23.9 Å². The molecule has 0 radical (unpaired) electrons. The molecule has 0 aromatic heterocycles. The zero-order valence-electron chi connectivity index (χ0n) is 17.8. The Morgan fingerprint density at radius 2 is 0.875 bits per heavy atom. The molecule has 2 amide bonds. The lowest BCUT2D eigenvalue weighted by atomic mass is 9.99. The van der Waals surface area contributed by atoms with Gasteiger partial charge in [-0.2, -0.15) is 0 Å². The summed E-state index contributed by atoms with van der Waals surface area (Å²) >= 11 is 0. The van der Waals surface area contributed by atoms with Gasteiger partial charge in [-0.15, -0.1) is 0 Å². The van der Waals surface area contributed by atoms with Crippen LogP contribution >= 0.6 is 0 Å². The number of likely N-dealkylation sites (N-methyl/N-ethyl adjacent to an activating group) is 2. The van der Waals surface area contributed by atoms with Gasteiger partial charge < -0.3 is 9.80 Å². The second-order valence-corrected chi connectivity index (χ2v) is 8.30. The van der Waals surface area contributed by atoms with Gasteiger partial charge in [-0.3, -0.25) is 9.59 Å². The van der Waals surface area contributed by atoms with E-state index in [-0.39, 0.29) is 11.8 Å². The number of benzene rings is 4. The van der Waals surface area contributed by atoms with E-state index in [4.69, 9.17) is 0 Å². The number of rotatable bonds is 2. The topological polar surface area (TPSA) is 40.6 Å². The standard InChI is InChI=1S/C28H20N2O2/c1-29-25(21-13-11-17-7-3-5-9-19(17)15-21)23-24(27(29)31)26(30(2)28(23)32)22-14-12-18-8-4-6-10-20(18)16-22/h3-16H,1-2H3. The molecule has 32 heavy (non-hydrogen) atoms. The van der Waals surface area contributed by atoms with Crippen molar-refractivity contribution in [3.63, 3.8) is 0 Å². The van der Waals surface area contributed by atoms with Crippen LogP contribution in [0.1, 0.15) is 11.1 Å². The number of fused-ring (bicyclic) bond motifs is 3. The van der Waals surface area contributed by atoms with Crippen molar-refractivity contribution in [2.75, 3.05) is 14.1 Å². The molecule has 4 heteroatoms. The van der Waals surface area contributed by atoms with Gasteiger partial charge in [-0.05, 0) is 44.8 Å². The van der Waals surface area contributed by atoms with Crippen molar-refractivity contribution in [2.24, 2.45) is 0 Å². The van der Waals surface area contributed by atoms with Crippen LogP contribution in [0.25, 0.3) is 32.9 Å². The summed E-state index contributed by atoms with van der Waals surface area (Å²) in [6.45, 7) is 0. The first-order valence-electron chi connectivity index (χ1n) is 10.6. The molecule has 0 N–H and O–H groups in total. The van der Waals surface area contributed by atoms with Gasteiger partial charge in [0.1, 0.15) is 0 Å². The van der Waals surface area contributed by atoms with E-state index >= 15 is 0 Å². The first-order valence-corrected chi connectivity index (χ1v) is 10.6. The Morgan fingerprint density at radius 3 is 1.28 bits per heavy atom. The van der Waals surface area contributed by atoms with Crippen molar-refractivity contribution in [2.45, 2.75) is 0 Å². The molecule has 6 rings (SSSR count). The average molecular weight is 416 g/mol. The highest BCUT2D eigenvalue weighted by Crippen LogP contribution is 2.45. The predicted molar refractivity (Wildman–Crippen MR) is 127 cm³/mol. The van der Waals surface area contributed by atoms with E-state index in [0.717, 1.165) is 32.7 Å². The molecular formula is C28H20N2O2. The maximum atomic E-state index is 13.4. The van der Waals surface area contributed by atoms with Gasteiger partial charge in [0.05, 0.1) is 22.5 Å². The number of hydrogen-bond donors (Lipinski definition) is 0. The summed E-state index contributed by atoms with van der Waals surface area (Å²) in [6.07, 6.45) is 0. The third kappa shape index (κ3) is 2.50. The number of carbonyl (C=O) groups excluding carboxylic acids is 2. The quantitative estimate of drug-likeness (QED) is 0.458. The lowest BCUT2D eigenvalue weighted by Crippen LogP contribution is -2.25. The maximum Gasteiger partial charge on any atom is 0.261 e. The Morgan fingerprint density at radius 1 is 0.500 bits per heavy atom. The van der Waals surface area contributed by atoms with Crippen LogP contribution < -0.4 is 0 Å². The van der Waals surface area contributed by atoms with Crippen molar-refractivity contribution < 1.29 is 9.59 Å². The molecule has 2 heterocycles. The van der Waals surface area contributed by atoms with Crippen molar-refractivity contribution >= 4 is 44.8 Å². The molecule has 0 bridgehead atoms. The average Bonchev–Trinajstić information content (AvgIpc) is 3.23. The van der Waals surface area contributed by atoms with Crippen LogP contribution in [0.15, 0.2) is 96.1 Å². The van der Waals surface area contributed by atoms with Crippen LogP contribution in [0, 0.1) is 0 Å². The van der Waals surface area contributed by atoms with E-state index in [1.165, 1.54) is 0 Å². The highest BCUT2D eigenvalue weighted by molar-refractivity contribution is 6.30. The molecule has 0 saturated carbocycles. The van der Waals surface area contributed by atoms with E-state index < -0.39 is 0 Å². The normalized spacial score (nSPS) is 16.2. The zero-order chi connectivity index (χ0) is 22.0. The monoisotopic (exact) mass is 416 g/mol. The van der Waals surface area contributed by atoms with Gasteiger partial charge in [-0.25, -0.2) is 0 Å². The van der Waals surface area contributed by atoms with E-state index in [1.807, 2.05) is 72.8 Å². The summed E-state index contributed by atoms with van der Waals surface area (Å²) in [6, 6.07) is 28.3. The minimum Gasteiger partial charge on any atom is -0.310 e. The van der Waals surface area contributed by atoms with Crippen LogP contribution in [0.3, 0.4) is 0 Å². The highest BCUT2D eigenvalue weighted by Gasteiger charge is 2.46. The molecular weight excluding hydrogens is 396 g/mol. The van der Waals surface area contributed by atoms with Crippen molar-refractivity contribution in [3.05, 3.63) is 107 Å². The first kappa shape index (κ1) is 18.6. The second kappa shape index (κ2) is 6.66. The van der Waals surface area contributed by atoms with E-state index in [9.17, 15) is 9.59 Å². The molecule has 0 spiro atoms. The summed E-state index contributed by atoms with van der Waals surface area (Å²) in [5.41, 5.74) is 4.04. The summed E-state index contributed by atoms with van der Waals surface area (Å²) < 4.78 is 0. The molecule has 4 aromatic carbocycles. The third-order valence-electron chi connectivity index (χ3n) is 6.48. The molecule has 2 aliphatic rings. The van der Waals surface area contributed by atoms with Crippen LogP contribution in [-0.2, 0) is 9.59 Å². The fourth-order valence-corrected chi connectivity index (χ4v) is 4.88. The predicted octanol–water partition coefficient (Wildman–Crippen LogP) is 5.06. The summed E-state index contributed by atoms with van der Waals surface area (Å²) in [4.78, 5) is 30.1. The fourth-order valence-electron chi connectivity index (χ4n) is 4.88. The molecule has 0 unspecified atom stereocenters. The zero-order valence-corrected chi connectivity index (χ0v) is 17.8. The molecule has 0 aliphatic carbocycles. The largest absolute Gasteiger partial charge is 0.310 e. The molecule has 4 nitrogen and oxygen atoms in total. The van der Waals surface area contributed by atoms with Crippen LogP contribution in [0.4, 0.5) is 0 Å². The van der Waals surface area contributed by atoms with Crippen molar-refractivity contribution in [1.29, 1.82) is 0 Å². The van der Waals surface area contributed by atoms with Gasteiger partial charge in [0.15, 0.2) is 0 Å². The number of hydrogen-bond acceptors (Lipinski definition) is 2. The fraction of sp³-hybridized carbons (Fsp3) is 0.0714. The second-order valence-electron chi connectivity index (χ2n) is 8.30. The third-order valence-corrected chi connectivity index (χ3v) is 6.48. The van der Waals surface area contributed by atoms with Gasteiger partial charge in [-0.1, -0.05) is 72.8 Å². The summed E-state index contributed by atoms with van der Waals surface area (Å²) in [7, 11) is 3.49. The highest BCUT2D eigenvalue weighted by atomic mass is 16.2. The van der Waals surface area contributed by atoms with Gasteiger partial charge in [0.25, 0.3) is 11.8 Å². The lowest BCUT2D eigenvalue weighted by Gasteiger charge is -2.20. The van der Waals surface area contributed by atoms with Crippen molar-refractivity contribution in [3.8, 4) is 0 Å². The van der Waals surface area contributed by atoms with Crippen LogP contribution in [0.5, 0.6) is 0 Å². The van der Waals surface area contributed by atoms with Crippen molar-refractivity contribution in [1.82, 2.24) is 9.80 Å². The van der Waals surface area contributed by atoms with Crippen LogP contribution in [-0.4, -0.2) is 35.7 Å². The molecule has 154 valence electrons. The Hall–Kier alpha value is -4.18. The molecule has 0 saturated heterocycles. The molecule has 0 fully saturated rings. The van der Waals surface area contributed by atoms with Crippen LogP contribution in [0.2, 0.25) is 0 Å². The number of carbonyl (C=O) groups is 2. The minimum atomic E-state index is -0.149. The molecule has 0 atom stereocenters.